The molecule has 0 radical (unpaired) electrons. The third-order valence-corrected chi connectivity index (χ3v) is 3.23. The number of nitrogens with zero attached hydrogens (tertiary/aromatic N) is 1. The van der Waals surface area contributed by atoms with E-state index in [9.17, 15) is 5.11 Å². The molecule has 0 spiro atoms. The van der Waals surface area contributed by atoms with Gasteiger partial charge in [0.15, 0.2) is 0 Å². The van der Waals surface area contributed by atoms with E-state index in [1.54, 1.807) is 18.3 Å². The van der Waals surface area contributed by atoms with E-state index >= 15 is 0 Å². The summed E-state index contributed by atoms with van der Waals surface area (Å²) >= 11 is 3.43. The van der Waals surface area contributed by atoms with Gasteiger partial charge in [-0.05, 0) is 36.8 Å². The Hall–Kier alpha value is -2.07. The molecule has 1 aromatic carbocycles. The highest BCUT2D eigenvalue weighted by molar-refractivity contribution is 9.10. The predicted molar refractivity (Wildman–Crippen MR) is 89.4 cm³/mol. The third-order valence-electron chi connectivity index (χ3n) is 2.74. The van der Waals surface area contributed by atoms with Crippen molar-refractivity contribution in [1.82, 2.24) is 4.98 Å². The maximum absolute atomic E-state index is 9.70. The molecule has 1 N–H and O–H groups in total. The number of benzene rings is 1. The number of fused-ring (bicyclic) bond motifs is 1. The lowest BCUT2D eigenvalue weighted by Gasteiger charge is -2.08. The largest absolute Gasteiger partial charge is 0.508 e. The lowest BCUT2D eigenvalue weighted by Crippen LogP contribution is -1.93. The molecule has 0 aliphatic rings. The fraction of sp³-hybridized carbons (Fsp3) is 0.118. The van der Waals surface area contributed by atoms with Crippen molar-refractivity contribution in [1.29, 1.82) is 0 Å². The minimum Gasteiger partial charge on any atom is -0.508 e. The zero-order valence-corrected chi connectivity index (χ0v) is 13.3. The van der Waals surface area contributed by atoms with Crippen LogP contribution in [0.4, 0.5) is 0 Å². The van der Waals surface area contributed by atoms with Gasteiger partial charge in [0.25, 0.3) is 0 Å². The van der Waals surface area contributed by atoms with Crippen molar-refractivity contribution in [3.8, 4) is 5.75 Å². The Bertz CT molecular complexity index is 720. The number of hydrogen-bond acceptors (Lipinski definition) is 3. The van der Waals surface area contributed by atoms with Gasteiger partial charge < -0.3 is 9.84 Å². The first-order valence-corrected chi connectivity index (χ1v) is 7.37. The van der Waals surface area contributed by atoms with Gasteiger partial charge in [0.05, 0.1) is 5.52 Å². The van der Waals surface area contributed by atoms with Crippen LogP contribution in [0.15, 0.2) is 71.3 Å². The first kappa shape index (κ1) is 15.3. The second-order valence-electron chi connectivity index (χ2n) is 4.42. The SMILES string of the molecule is C=C(/C=C(O)\C=C/CC)Oc1ccnc2ccc(Br)cc12. The van der Waals surface area contributed by atoms with E-state index in [0.29, 0.717) is 11.5 Å². The maximum Gasteiger partial charge on any atom is 0.138 e. The van der Waals surface area contributed by atoms with Crippen molar-refractivity contribution < 1.29 is 9.84 Å². The fourth-order valence-electron chi connectivity index (χ4n) is 1.80. The van der Waals surface area contributed by atoms with Gasteiger partial charge in [-0.25, -0.2) is 0 Å². The molecule has 0 atom stereocenters. The molecule has 0 aliphatic heterocycles. The number of hydrogen-bond donors (Lipinski definition) is 1. The Balaban J connectivity index is 2.25. The number of halogens is 1. The standard InChI is InChI=1S/C17H16BrNO2/c1-3-4-5-14(20)10-12(2)21-17-8-9-19-16-7-6-13(18)11-15(16)17/h4-11,20H,2-3H2,1H3/b5-4-,14-10+. The molecule has 0 aliphatic carbocycles. The molecular formula is C17H16BrNO2. The fourth-order valence-corrected chi connectivity index (χ4v) is 2.17. The summed E-state index contributed by atoms with van der Waals surface area (Å²) in [5.74, 6) is 1.12. The summed E-state index contributed by atoms with van der Waals surface area (Å²) in [6, 6.07) is 7.54. The molecule has 1 aromatic heterocycles. The molecule has 21 heavy (non-hydrogen) atoms. The Labute approximate surface area is 132 Å². The molecule has 0 fully saturated rings. The first-order chi connectivity index (χ1) is 10.1. The second-order valence-corrected chi connectivity index (χ2v) is 5.33. The average Bonchev–Trinajstić information content (AvgIpc) is 2.45. The van der Waals surface area contributed by atoms with Gasteiger partial charge in [0, 0.05) is 22.1 Å². The van der Waals surface area contributed by atoms with Crippen LogP contribution >= 0.6 is 15.9 Å². The van der Waals surface area contributed by atoms with E-state index in [4.69, 9.17) is 4.74 Å². The van der Waals surface area contributed by atoms with Crippen LogP contribution in [-0.2, 0) is 0 Å². The Kier molecular flexibility index (Phi) is 5.17. The monoisotopic (exact) mass is 345 g/mol. The van der Waals surface area contributed by atoms with Crippen molar-refractivity contribution in [2.45, 2.75) is 13.3 Å². The normalized spacial score (nSPS) is 12.0. The van der Waals surface area contributed by atoms with Crippen molar-refractivity contribution >= 4 is 26.8 Å². The van der Waals surface area contributed by atoms with Crippen LogP contribution in [0.25, 0.3) is 10.9 Å². The lowest BCUT2D eigenvalue weighted by atomic mass is 10.2. The summed E-state index contributed by atoms with van der Waals surface area (Å²) in [7, 11) is 0. The second kappa shape index (κ2) is 7.09. The summed E-state index contributed by atoms with van der Waals surface area (Å²) in [6.07, 6.45) is 7.50. The number of aromatic nitrogens is 1. The van der Waals surface area contributed by atoms with Gasteiger partial charge in [0.2, 0.25) is 0 Å². The molecule has 0 saturated carbocycles. The van der Waals surface area contributed by atoms with Gasteiger partial charge in [-0.3, -0.25) is 4.98 Å². The highest BCUT2D eigenvalue weighted by Crippen LogP contribution is 2.28. The highest BCUT2D eigenvalue weighted by atomic mass is 79.9. The van der Waals surface area contributed by atoms with Crippen LogP contribution in [0.3, 0.4) is 0 Å². The molecule has 108 valence electrons. The van der Waals surface area contributed by atoms with Gasteiger partial charge >= 0.3 is 0 Å². The molecule has 0 saturated heterocycles. The minimum absolute atomic E-state index is 0.112. The number of allylic oxidation sites excluding steroid dienone is 3. The zero-order chi connectivity index (χ0) is 15.2. The summed E-state index contributed by atoms with van der Waals surface area (Å²) in [4.78, 5) is 4.29. The quantitative estimate of drug-likeness (QED) is 0.590. The van der Waals surface area contributed by atoms with E-state index in [-0.39, 0.29) is 5.76 Å². The average molecular weight is 346 g/mol. The van der Waals surface area contributed by atoms with Crippen LogP contribution < -0.4 is 4.74 Å². The van der Waals surface area contributed by atoms with Crippen molar-refractivity contribution in [3.63, 3.8) is 0 Å². The van der Waals surface area contributed by atoms with Gasteiger partial charge in [-0.1, -0.05) is 35.5 Å². The van der Waals surface area contributed by atoms with E-state index < -0.39 is 0 Å². The molecule has 3 nitrogen and oxygen atoms in total. The summed E-state index contributed by atoms with van der Waals surface area (Å²) in [5, 5.41) is 10.6. The number of rotatable bonds is 5. The summed E-state index contributed by atoms with van der Waals surface area (Å²) in [6.45, 7) is 5.80. The van der Waals surface area contributed by atoms with Crippen LogP contribution in [-0.4, -0.2) is 10.1 Å². The molecule has 0 unspecified atom stereocenters. The Morgan fingerprint density at radius 3 is 3.00 bits per heavy atom. The van der Waals surface area contributed by atoms with E-state index in [2.05, 4.69) is 27.5 Å². The van der Waals surface area contributed by atoms with Crippen LogP contribution in [0.2, 0.25) is 0 Å². The van der Waals surface area contributed by atoms with Crippen molar-refractivity contribution in [2.75, 3.05) is 0 Å². The van der Waals surface area contributed by atoms with E-state index in [1.165, 1.54) is 6.08 Å². The molecule has 4 heteroatoms. The van der Waals surface area contributed by atoms with Gasteiger partial charge in [0.1, 0.15) is 17.3 Å². The molecule has 0 bridgehead atoms. The number of aliphatic hydroxyl groups is 1. The number of aliphatic hydroxyl groups excluding tert-OH is 1. The topological polar surface area (TPSA) is 42.4 Å². The zero-order valence-electron chi connectivity index (χ0n) is 11.7. The van der Waals surface area contributed by atoms with Crippen molar-refractivity contribution in [2.24, 2.45) is 0 Å². The van der Waals surface area contributed by atoms with E-state index in [1.807, 2.05) is 31.2 Å². The van der Waals surface area contributed by atoms with Crippen LogP contribution in [0.5, 0.6) is 5.75 Å². The van der Waals surface area contributed by atoms with Crippen LogP contribution in [0.1, 0.15) is 13.3 Å². The Morgan fingerprint density at radius 2 is 2.24 bits per heavy atom. The lowest BCUT2D eigenvalue weighted by molar-refractivity contribution is 0.413. The van der Waals surface area contributed by atoms with Gasteiger partial charge in [-0.2, -0.15) is 0 Å². The number of ether oxygens (including phenoxy) is 1. The molecular weight excluding hydrogens is 330 g/mol. The van der Waals surface area contributed by atoms with Gasteiger partial charge in [-0.15, -0.1) is 0 Å². The smallest absolute Gasteiger partial charge is 0.138 e. The molecule has 0 amide bonds. The third kappa shape index (κ3) is 4.20. The highest BCUT2D eigenvalue weighted by Gasteiger charge is 2.05. The Morgan fingerprint density at radius 1 is 1.43 bits per heavy atom. The summed E-state index contributed by atoms with van der Waals surface area (Å²) < 4.78 is 6.65. The minimum atomic E-state index is 0.112. The van der Waals surface area contributed by atoms with Crippen LogP contribution in [0, 0.1) is 0 Å². The predicted octanol–water partition coefficient (Wildman–Crippen LogP) is 5.30. The summed E-state index contributed by atoms with van der Waals surface area (Å²) in [5.41, 5.74) is 0.836. The molecule has 2 rings (SSSR count). The maximum atomic E-state index is 9.70. The van der Waals surface area contributed by atoms with E-state index in [0.717, 1.165) is 21.8 Å². The van der Waals surface area contributed by atoms with Crippen molar-refractivity contribution in [3.05, 3.63) is 71.3 Å². The molecule has 1 heterocycles. The first-order valence-electron chi connectivity index (χ1n) is 6.58. The number of pyridine rings is 1. The molecule has 2 aromatic rings.